The zero-order chi connectivity index (χ0) is 12.1. The van der Waals surface area contributed by atoms with Crippen molar-refractivity contribution in [1.82, 2.24) is 15.0 Å². The number of hydrogen-bond acceptors (Lipinski definition) is 5. The first-order valence-corrected chi connectivity index (χ1v) is 5.82. The van der Waals surface area contributed by atoms with Crippen molar-refractivity contribution in [2.24, 2.45) is 5.92 Å². The molecular weight excluding hydrogens is 226 g/mol. The minimum atomic E-state index is 0.116. The van der Waals surface area contributed by atoms with Gasteiger partial charge in [-0.15, -0.1) is 0 Å². The fourth-order valence-electron chi connectivity index (χ4n) is 1.48. The Morgan fingerprint density at radius 2 is 2.00 bits per heavy atom. The standard InChI is InChI=1S/C10H18ClN5/c1-4-6(2)5-7(3)13-10-15-8(11)14-9(12)16-10/h6-7H,4-5H2,1-3H3,(H3,12,13,14,15,16). The number of anilines is 2. The van der Waals surface area contributed by atoms with Crippen LogP contribution in [0.1, 0.15) is 33.6 Å². The summed E-state index contributed by atoms with van der Waals surface area (Å²) in [5.74, 6) is 1.24. The highest BCUT2D eigenvalue weighted by Crippen LogP contribution is 2.13. The maximum atomic E-state index is 5.68. The molecule has 0 aliphatic rings. The maximum Gasteiger partial charge on any atom is 0.229 e. The molecule has 3 N–H and O–H groups in total. The van der Waals surface area contributed by atoms with E-state index in [-0.39, 0.29) is 17.3 Å². The molecule has 90 valence electrons. The van der Waals surface area contributed by atoms with E-state index in [1.807, 2.05) is 0 Å². The van der Waals surface area contributed by atoms with Crippen LogP contribution in [0.3, 0.4) is 0 Å². The maximum absolute atomic E-state index is 5.68. The lowest BCUT2D eigenvalue weighted by Gasteiger charge is -2.17. The average Bonchev–Trinajstić information content (AvgIpc) is 2.15. The molecule has 1 aromatic rings. The summed E-state index contributed by atoms with van der Waals surface area (Å²) in [7, 11) is 0. The predicted octanol–water partition coefficient (Wildman–Crippen LogP) is 2.34. The second-order valence-electron chi connectivity index (χ2n) is 4.08. The number of nitrogens with one attached hydrogen (secondary N) is 1. The van der Waals surface area contributed by atoms with E-state index in [0.717, 1.165) is 12.8 Å². The highest BCUT2D eigenvalue weighted by molar-refractivity contribution is 6.28. The average molecular weight is 244 g/mol. The van der Waals surface area contributed by atoms with Gasteiger partial charge in [0, 0.05) is 6.04 Å². The number of aromatic nitrogens is 3. The quantitative estimate of drug-likeness (QED) is 0.830. The van der Waals surface area contributed by atoms with Crippen LogP contribution in [-0.4, -0.2) is 21.0 Å². The summed E-state index contributed by atoms with van der Waals surface area (Å²) in [6, 6.07) is 0.285. The van der Waals surface area contributed by atoms with Gasteiger partial charge < -0.3 is 11.1 Å². The number of halogens is 1. The summed E-state index contributed by atoms with van der Waals surface area (Å²) in [4.78, 5) is 11.6. The third kappa shape index (κ3) is 4.18. The molecule has 2 atom stereocenters. The van der Waals surface area contributed by atoms with Gasteiger partial charge in [0.1, 0.15) is 0 Å². The SMILES string of the molecule is CCC(C)CC(C)Nc1nc(N)nc(Cl)n1. The third-order valence-corrected chi connectivity index (χ3v) is 2.62. The number of nitrogens with zero attached hydrogens (tertiary/aromatic N) is 3. The van der Waals surface area contributed by atoms with Gasteiger partial charge in [0.25, 0.3) is 0 Å². The van der Waals surface area contributed by atoms with Crippen LogP contribution in [0, 0.1) is 5.92 Å². The fourth-order valence-corrected chi connectivity index (χ4v) is 1.65. The van der Waals surface area contributed by atoms with Crippen molar-refractivity contribution < 1.29 is 0 Å². The van der Waals surface area contributed by atoms with Crippen molar-refractivity contribution in [3.8, 4) is 0 Å². The highest BCUT2D eigenvalue weighted by atomic mass is 35.5. The molecule has 1 rings (SSSR count). The molecular formula is C10H18ClN5. The topological polar surface area (TPSA) is 76.7 Å². The van der Waals surface area contributed by atoms with E-state index in [1.54, 1.807) is 0 Å². The predicted molar refractivity (Wildman–Crippen MR) is 66.4 cm³/mol. The first-order chi connectivity index (χ1) is 7.51. The van der Waals surface area contributed by atoms with Gasteiger partial charge in [-0.2, -0.15) is 15.0 Å². The number of hydrogen-bond donors (Lipinski definition) is 2. The van der Waals surface area contributed by atoms with Crippen LogP contribution in [0.4, 0.5) is 11.9 Å². The Hall–Kier alpha value is -1.10. The molecule has 0 saturated carbocycles. The summed E-state index contributed by atoms with van der Waals surface area (Å²) in [6.45, 7) is 6.47. The van der Waals surface area contributed by atoms with Crippen molar-refractivity contribution >= 4 is 23.5 Å². The van der Waals surface area contributed by atoms with Crippen LogP contribution >= 0.6 is 11.6 Å². The van der Waals surface area contributed by atoms with E-state index in [4.69, 9.17) is 17.3 Å². The monoisotopic (exact) mass is 243 g/mol. The van der Waals surface area contributed by atoms with Crippen molar-refractivity contribution in [3.05, 3.63) is 5.28 Å². The van der Waals surface area contributed by atoms with E-state index in [1.165, 1.54) is 0 Å². The van der Waals surface area contributed by atoms with Crippen LogP contribution in [0.2, 0.25) is 5.28 Å². The van der Waals surface area contributed by atoms with Crippen LogP contribution in [-0.2, 0) is 0 Å². The Morgan fingerprint density at radius 3 is 2.56 bits per heavy atom. The first-order valence-electron chi connectivity index (χ1n) is 5.44. The van der Waals surface area contributed by atoms with Crippen molar-refractivity contribution in [1.29, 1.82) is 0 Å². The largest absolute Gasteiger partial charge is 0.368 e. The molecule has 1 heterocycles. The Balaban J connectivity index is 2.58. The molecule has 0 fully saturated rings. The Labute approximate surface area is 101 Å². The molecule has 0 amide bonds. The second-order valence-corrected chi connectivity index (χ2v) is 4.42. The molecule has 5 nitrogen and oxygen atoms in total. The summed E-state index contributed by atoms with van der Waals surface area (Å²) < 4.78 is 0. The minimum Gasteiger partial charge on any atom is -0.368 e. The molecule has 0 radical (unpaired) electrons. The van der Waals surface area contributed by atoms with Gasteiger partial charge in [-0.1, -0.05) is 20.3 Å². The van der Waals surface area contributed by atoms with E-state index in [9.17, 15) is 0 Å². The van der Waals surface area contributed by atoms with Crippen LogP contribution < -0.4 is 11.1 Å². The lowest BCUT2D eigenvalue weighted by molar-refractivity contribution is 0.482. The molecule has 16 heavy (non-hydrogen) atoms. The molecule has 0 aromatic carbocycles. The Morgan fingerprint density at radius 1 is 1.31 bits per heavy atom. The molecule has 0 saturated heterocycles. The summed E-state index contributed by atoms with van der Waals surface area (Å²) in [6.07, 6.45) is 2.21. The van der Waals surface area contributed by atoms with Crippen LogP contribution in [0.15, 0.2) is 0 Å². The van der Waals surface area contributed by atoms with Gasteiger partial charge in [0.05, 0.1) is 0 Å². The second kappa shape index (κ2) is 5.84. The molecule has 6 heteroatoms. The molecule has 0 aliphatic carbocycles. The van der Waals surface area contributed by atoms with Crippen LogP contribution in [0.25, 0.3) is 0 Å². The zero-order valence-electron chi connectivity index (χ0n) is 9.87. The van der Waals surface area contributed by atoms with Crippen molar-refractivity contribution in [2.45, 2.75) is 39.7 Å². The van der Waals surface area contributed by atoms with Gasteiger partial charge in [-0.3, -0.25) is 0 Å². The van der Waals surface area contributed by atoms with Crippen molar-refractivity contribution in [2.75, 3.05) is 11.1 Å². The lowest BCUT2D eigenvalue weighted by Crippen LogP contribution is -2.20. The number of nitrogen functional groups attached to an aromatic ring is 1. The Bertz CT molecular complexity index is 324. The summed E-state index contributed by atoms with van der Waals surface area (Å²) in [5, 5.41) is 3.28. The van der Waals surface area contributed by atoms with Gasteiger partial charge in [-0.25, -0.2) is 0 Å². The fraction of sp³-hybridized carbons (Fsp3) is 0.700. The molecule has 0 bridgehead atoms. The van der Waals surface area contributed by atoms with E-state index >= 15 is 0 Å². The van der Waals surface area contributed by atoms with Crippen LogP contribution in [0.5, 0.6) is 0 Å². The summed E-state index contributed by atoms with van der Waals surface area (Å²) >= 11 is 5.68. The van der Waals surface area contributed by atoms with E-state index in [0.29, 0.717) is 11.9 Å². The minimum absolute atomic E-state index is 0.116. The van der Waals surface area contributed by atoms with E-state index in [2.05, 4.69) is 41.0 Å². The lowest BCUT2D eigenvalue weighted by atomic mass is 10.0. The molecule has 0 aliphatic heterocycles. The molecule has 1 aromatic heterocycles. The highest BCUT2D eigenvalue weighted by Gasteiger charge is 2.09. The number of rotatable bonds is 5. The van der Waals surface area contributed by atoms with Gasteiger partial charge >= 0.3 is 0 Å². The number of nitrogens with two attached hydrogens (primary N) is 1. The van der Waals surface area contributed by atoms with Crippen molar-refractivity contribution in [3.63, 3.8) is 0 Å². The summed E-state index contributed by atoms with van der Waals surface area (Å²) in [5.41, 5.74) is 5.48. The smallest absolute Gasteiger partial charge is 0.229 e. The molecule has 0 spiro atoms. The first kappa shape index (κ1) is 13.0. The normalized spacial score (nSPS) is 14.5. The zero-order valence-corrected chi connectivity index (χ0v) is 10.6. The Kier molecular flexibility index (Phi) is 4.73. The third-order valence-electron chi connectivity index (χ3n) is 2.45. The van der Waals surface area contributed by atoms with Gasteiger partial charge in [0.15, 0.2) is 0 Å². The van der Waals surface area contributed by atoms with Gasteiger partial charge in [-0.05, 0) is 30.9 Å². The van der Waals surface area contributed by atoms with Gasteiger partial charge in [0.2, 0.25) is 17.2 Å². The molecule has 2 unspecified atom stereocenters. The van der Waals surface area contributed by atoms with E-state index < -0.39 is 0 Å².